The average Bonchev–Trinajstić information content (AvgIpc) is 2.18. The van der Waals surface area contributed by atoms with Gasteiger partial charge >= 0.3 is 0 Å². The van der Waals surface area contributed by atoms with E-state index >= 15 is 0 Å². The zero-order valence-electron chi connectivity index (χ0n) is 9.35. The van der Waals surface area contributed by atoms with E-state index in [9.17, 15) is 0 Å². The van der Waals surface area contributed by atoms with Crippen molar-refractivity contribution in [3.05, 3.63) is 41.5 Å². The first-order valence-electron chi connectivity index (χ1n) is 5.16. The van der Waals surface area contributed by atoms with Gasteiger partial charge in [-0.1, -0.05) is 31.7 Å². The van der Waals surface area contributed by atoms with Crippen molar-refractivity contribution >= 4 is 5.70 Å². The largest absolute Gasteiger partial charge is 0.385 e. The molecular weight excluding hydrogens is 170 g/mol. The minimum absolute atomic E-state index is 0.992. The molecular formula is C13H19N. The fraction of sp³-hybridized carbons (Fsp3) is 0.385. The maximum Gasteiger partial charge on any atom is 0.0343 e. The highest BCUT2D eigenvalue weighted by Gasteiger charge is 2.02. The van der Waals surface area contributed by atoms with Crippen LogP contribution in [0.5, 0.6) is 0 Å². The van der Waals surface area contributed by atoms with Crippen LogP contribution in [0.15, 0.2) is 24.8 Å². The molecule has 1 aromatic rings. The second-order valence-corrected chi connectivity index (χ2v) is 3.65. The Kier molecular flexibility index (Phi) is 3.75. The lowest BCUT2D eigenvalue weighted by molar-refractivity contribution is 0.824. The molecule has 0 saturated heterocycles. The molecule has 1 N–H and O–H groups in total. The first-order chi connectivity index (χ1) is 6.66. The van der Waals surface area contributed by atoms with Crippen LogP contribution in [0.2, 0.25) is 0 Å². The highest BCUT2D eigenvalue weighted by Crippen LogP contribution is 2.18. The standard InChI is InChI=1S/C13H19N/c1-5-9-14-12(4)13-8-6-7-10(2)11(13)3/h6-8,14H,4-5,9H2,1-3H3. The van der Waals surface area contributed by atoms with Crippen LogP contribution in [0.1, 0.15) is 30.0 Å². The molecule has 0 fully saturated rings. The topological polar surface area (TPSA) is 12.0 Å². The molecule has 0 saturated carbocycles. The van der Waals surface area contributed by atoms with Crippen LogP contribution in [0.25, 0.3) is 5.70 Å². The Morgan fingerprint density at radius 1 is 1.36 bits per heavy atom. The predicted octanol–water partition coefficient (Wildman–Crippen LogP) is 3.27. The summed E-state index contributed by atoms with van der Waals surface area (Å²) in [5, 5.41) is 3.32. The van der Waals surface area contributed by atoms with E-state index in [0.717, 1.165) is 18.7 Å². The van der Waals surface area contributed by atoms with E-state index in [1.54, 1.807) is 0 Å². The van der Waals surface area contributed by atoms with Crippen molar-refractivity contribution < 1.29 is 0 Å². The van der Waals surface area contributed by atoms with Crippen molar-refractivity contribution in [1.29, 1.82) is 0 Å². The minimum Gasteiger partial charge on any atom is -0.385 e. The second kappa shape index (κ2) is 4.85. The van der Waals surface area contributed by atoms with Crippen LogP contribution in [0.4, 0.5) is 0 Å². The minimum atomic E-state index is 0.992. The van der Waals surface area contributed by atoms with Gasteiger partial charge in [0.2, 0.25) is 0 Å². The van der Waals surface area contributed by atoms with E-state index in [4.69, 9.17) is 0 Å². The Morgan fingerprint density at radius 2 is 2.07 bits per heavy atom. The van der Waals surface area contributed by atoms with E-state index in [0.29, 0.717) is 0 Å². The summed E-state index contributed by atoms with van der Waals surface area (Å²) in [7, 11) is 0. The normalized spacial score (nSPS) is 9.93. The van der Waals surface area contributed by atoms with Gasteiger partial charge in [0, 0.05) is 17.8 Å². The molecule has 0 aliphatic carbocycles. The third-order valence-electron chi connectivity index (χ3n) is 2.52. The average molecular weight is 189 g/mol. The summed E-state index contributed by atoms with van der Waals surface area (Å²) in [5.41, 5.74) is 4.91. The number of benzene rings is 1. The maximum absolute atomic E-state index is 4.05. The Hall–Kier alpha value is -1.24. The van der Waals surface area contributed by atoms with E-state index in [1.807, 2.05) is 0 Å². The van der Waals surface area contributed by atoms with Gasteiger partial charge in [0.05, 0.1) is 0 Å². The van der Waals surface area contributed by atoms with Crippen LogP contribution in [0.3, 0.4) is 0 Å². The van der Waals surface area contributed by atoms with Crippen LogP contribution < -0.4 is 5.32 Å². The van der Waals surface area contributed by atoms with Gasteiger partial charge in [-0.25, -0.2) is 0 Å². The molecule has 0 radical (unpaired) electrons. The SMILES string of the molecule is C=C(NCCC)c1cccc(C)c1C. The lowest BCUT2D eigenvalue weighted by Gasteiger charge is -2.12. The van der Waals surface area contributed by atoms with Gasteiger partial charge in [-0.3, -0.25) is 0 Å². The Bertz CT molecular complexity index is 326. The Balaban J connectivity index is 2.84. The molecule has 0 spiro atoms. The van der Waals surface area contributed by atoms with Gasteiger partial charge in [-0.2, -0.15) is 0 Å². The van der Waals surface area contributed by atoms with Crippen LogP contribution >= 0.6 is 0 Å². The van der Waals surface area contributed by atoms with Crippen molar-refractivity contribution in [2.24, 2.45) is 0 Å². The van der Waals surface area contributed by atoms with Crippen LogP contribution in [-0.2, 0) is 0 Å². The summed E-state index contributed by atoms with van der Waals surface area (Å²) in [4.78, 5) is 0. The number of hydrogen-bond acceptors (Lipinski definition) is 1. The van der Waals surface area contributed by atoms with Gasteiger partial charge in [-0.15, -0.1) is 0 Å². The molecule has 1 nitrogen and oxygen atoms in total. The van der Waals surface area contributed by atoms with Crippen molar-refractivity contribution in [1.82, 2.24) is 5.32 Å². The molecule has 0 amide bonds. The summed E-state index contributed by atoms with van der Waals surface area (Å²) in [5.74, 6) is 0. The van der Waals surface area contributed by atoms with Crippen molar-refractivity contribution in [3.63, 3.8) is 0 Å². The molecule has 14 heavy (non-hydrogen) atoms. The summed E-state index contributed by atoms with van der Waals surface area (Å²) in [6.45, 7) is 11.5. The molecule has 0 atom stereocenters. The molecule has 0 unspecified atom stereocenters. The molecule has 0 aromatic heterocycles. The van der Waals surface area contributed by atoms with Crippen molar-refractivity contribution in [3.8, 4) is 0 Å². The third-order valence-corrected chi connectivity index (χ3v) is 2.52. The first kappa shape index (κ1) is 10.8. The summed E-state index contributed by atoms with van der Waals surface area (Å²) in [6, 6.07) is 6.33. The molecule has 76 valence electrons. The summed E-state index contributed by atoms with van der Waals surface area (Å²) < 4.78 is 0. The maximum atomic E-state index is 4.05. The van der Waals surface area contributed by atoms with E-state index in [-0.39, 0.29) is 0 Å². The quantitative estimate of drug-likeness (QED) is 0.766. The lowest BCUT2D eigenvalue weighted by atomic mass is 10.0. The van der Waals surface area contributed by atoms with Crippen LogP contribution in [0, 0.1) is 13.8 Å². The molecule has 0 aliphatic rings. The van der Waals surface area contributed by atoms with Crippen LogP contribution in [-0.4, -0.2) is 6.54 Å². The predicted molar refractivity (Wildman–Crippen MR) is 63.2 cm³/mol. The van der Waals surface area contributed by atoms with E-state index in [2.05, 4.69) is 50.9 Å². The highest BCUT2D eigenvalue weighted by molar-refractivity contribution is 5.65. The van der Waals surface area contributed by atoms with Gasteiger partial charge in [-0.05, 0) is 31.4 Å². The van der Waals surface area contributed by atoms with E-state index in [1.165, 1.54) is 16.7 Å². The lowest BCUT2D eigenvalue weighted by Crippen LogP contribution is -2.12. The van der Waals surface area contributed by atoms with Gasteiger partial charge < -0.3 is 5.32 Å². The molecule has 1 aromatic carbocycles. The van der Waals surface area contributed by atoms with Crippen molar-refractivity contribution in [2.75, 3.05) is 6.54 Å². The number of hydrogen-bond donors (Lipinski definition) is 1. The second-order valence-electron chi connectivity index (χ2n) is 3.65. The fourth-order valence-electron chi connectivity index (χ4n) is 1.45. The van der Waals surface area contributed by atoms with Gasteiger partial charge in [0.15, 0.2) is 0 Å². The Morgan fingerprint density at radius 3 is 2.71 bits per heavy atom. The van der Waals surface area contributed by atoms with Crippen molar-refractivity contribution in [2.45, 2.75) is 27.2 Å². The van der Waals surface area contributed by atoms with Gasteiger partial charge in [0.1, 0.15) is 0 Å². The Labute approximate surface area is 86.8 Å². The molecule has 1 heteroatoms. The molecule has 0 heterocycles. The highest BCUT2D eigenvalue weighted by atomic mass is 14.9. The van der Waals surface area contributed by atoms with E-state index < -0.39 is 0 Å². The zero-order valence-corrected chi connectivity index (χ0v) is 9.35. The molecule has 0 aliphatic heterocycles. The van der Waals surface area contributed by atoms with Gasteiger partial charge in [0.25, 0.3) is 0 Å². The summed E-state index contributed by atoms with van der Waals surface area (Å²) in [6.07, 6.45) is 1.13. The zero-order chi connectivity index (χ0) is 10.6. The number of aryl methyl sites for hydroxylation is 1. The first-order valence-corrected chi connectivity index (χ1v) is 5.16. The smallest absolute Gasteiger partial charge is 0.0343 e. The molecule has 1 rings (SSSR count). The number of rotatable bonds is 4. The third kappa shape index (κ3) is 2.38. The number of nitrogens with one attached hydrogen (secondary N) is 1. The monoisotopic (exact) mass is 189 g/mol. The summed E-state index contributed by atoms with van der Waals surface area (Å²) >= 11 is 0. The fourth-order valence-corrected chi connectivity index (χ4v) is 1.45. The molecule has 0 bridgehead atoms.